The van der Waals surface area contributed by atoms with E-state index in [0.717, 1.165) is 30.5 Å². The predicted octanol–water partition coefficient (Wildman–Crippen LogP) is 3.58. The van der Waals surface area contributed by atoms with Gasteiger partial charge in [-0.05, 0) is 50.8 Å². The van der Waals surface area contributed by atoms with E-state index in [1.807, 2.05) is 13.0 Å². The third-order valence-corrected chi connectivity index (χ3v) is 5.78. The molecule has 0 spiro atoms. The maximum atomic E-state index is 13.7. The number of carbonyl (C=O) groups is 1. The van der Waals surface area contributed by atoms with Gasteiger partial charge in [-0.3, -0.25) is 0 Å². The van der Waals surface area contributed by atoms with Crippen LogP contribution in [0.25, 0.3) is 0 Å². The molecule has 0 saturated carbocycles. The van der Waals surface area contributed by atoms with Crippen molar-refractivity contribution in [2.75, 3.05) is 54.4 Å². The van der Waals surface area contributed by atoms with Crippen LogP contribution in [0, 0.1) is 19.7 Å². The lowest BCUT2D eigenvalue weighted by Crippen LogP contribution is -2.50. The summed E-state index contributed by atoms with van der Waals surface area (Å²) in [4.78, 5) is 28.3. The van der Waals surface area contributed by atoms with Crippen LogP contribution in [0.5, 0.6) is 0 Å². The summed E-state index contributed by atoms with van der Waals surface area (Å²) in [7, 11) is 0. The highest BCUT2D eigenvalue weighted by Crippen LogP contribution is 2.22. The zero-order valence-electron chi connectivity index (χ0n) is 17.7. The van der Waals surface area contributed by atoms with Gasteiger partial charge in [-0.1, -0.05) is 6.07 Å². The van der Waals surface area contributed by atoms with Crippen molar-refractivity contribution in [2.45, 2.75) is 33.1 Å². The fourth-order valence-corrected chi connectivity index (χ4v) is 3.95. The van der Waals surface area contributed by atoms with Gasteiger partial charge in [0.05, 0.1) is 0 Å². The van der Waals surface area contributed by atoms with Crippen LogP contribution in [0.2, 0.25) is 0 Å². The van der Waals surface area contributed by atoms with Gasteiger partial charge in [0.25, 0.3) is 0 Å². The smallest absolute Gasteiger partial charge is 0.321 e. The number of rotatable bonds is 3. The van der Waals surface area contributed by atoms with Gasteiger partial charge in [0.2, 0.25) is 5.95 Å². The molecule has 2 saturated heterocycles. The molecule has 2 fully saturated rings. The average Bonchev–Trinajstić information content (AvgIpc) is 2.76. The molecule has 160 valence electrons. The number of hydrogen-bond acceptors (Lipinski definition) is 5. The van der Waals surface area contributed by atoms with Crippen molar-refractivity contribution < 1.29 is 9.18 Å². The molecule has 7 nitrogen and oxygen atoms in total. The van der Waals surface area contributed by atoms with Gasteiger partial charge in [0.15, 0.2) is 0 Å². The van der Waals surface area contributed by atoms with E-state index in [1.54, 1.807) is 24.0 Å². The van der Waals surface area contributed by atoms with E-state index < -0.39 is 0 Å². The van der Waals surface area contributed by atoms with Crippen LogP contribution in [-0.2, 0) is 0 Å². The van der Waals surface area contributed by atoms with Gasteiger partial charge >= 0.3 is 6.03 Å². The molecule has 0 bridgehead atoms. The summed E-state index contributed by atoms with van der Waals surface area (Å²) in [5, 5.41) is 2.79. The number of aryl methyl sites for hydroxylation is 2. The highest BCUT2D eigenvalue weighted by molar-refractivity contribution is 5.89. The van der Waals surface area contributed by atoms with Crippen LogP contribution >= 0.6 is 0 Å². The average molecular weight is 413 g/mol. The van der Waals surface area contributed by atoms with Crippen molar-refractivity contribution in [3.05, 3.63) is 41.3 Å². The van der Waals surface area contributed by atoms with Crippen molar-refractivity contribution in [3.8, 4) is 0 Å². The fourth-order valence-electron chi connectivity index (χ4n) is 3.95. The Morgan fingerprint density at radius 2 is 1.67 bits per heavy atom. The molecule has 2 aromatic rings. The van der Waals surface area contributed by atoms with Crippen molar-refractivity contribution in [3.63, 3.8) is 0 Å². The lowest BCUT2D eigenvalue weighted by molar-refractivity contribution is 0.208. The summed E-state index contributed by atoms with van der Waals surface area (Å²) in [5.41, 5.74) is 2.00. The molecule has 0 radical (unpaired) electrons. The number of amides is 2. The summed E-state index contributed by atoms with van der Waals surface area (Å²) in [6, 6.07) is 6.55. The molecule has 30 heavy (non-hydrogen) atoms. The molecule has 1 aromatic heterocycles. The van der Waals surface area contributed by atoms with Crippen LogP contribution in [0.1, 0.15) is 30.5 Å². The van der Waals surface area contributed by atoms with Crippen molar-refractivity contribution in [2.24, 2.45) is 0 Å². The van der Waals surface area contributed by atoms with E-state index in [2.05, 4.69) is 20.1 Å². The lowest BCUT2D eigenvalue weighted by Gasteiger charge is -2.36. The number of benzene rings is 1. The van der Waals surface area contributed by atoms with E-state index in [0.29, 0.717) is 37.4 Å². The molecule has 0 atom stereocenters. The number of piperidine rings is 1. The van der Waals surface area contributed by atoms with Crippen LogP contribution < -0.4 is 15.1 Å². The summed E-state index contributed by atoms with van der Waals surface area (Å²) in [5.74, 6) is 1.41. The number of piperazine rings is 1. The standard InChI is InChI=1S/C22H29FN6O/c1-16-6-7-18(15-19(16)23)25-22(30)29-12-10-27(11-13-29)20-14-17(2)24-21(26-20)28-8-4-3-5-9-28/h6-7,14-15H,3-5,8-13H2,1-2H3,(H,25,30). The summed E-state index contributed by atoms with van der Waals surface area (Å²) < 4.78 is 13.7. The first-order chi connectivity index (χ1) is 14.5. The number of carbonyl (C=O) groups excluding carboxylic acids is 1. The molecule has 0 unspecified atom stereocenters. The summed E-state index contributed by atoms with van der Waals surface area (Å²) in [6.45, 7) is 8.29. The molecule has 4 rings (SSSR count). The molecule has 8 heteroatoms. The molecule has 1 aromatic carbocycles. The van der Waals surface area contributed by atoms with Gasteiger partial charge in [0, 0.05) is 56.7 Å². The fraction of sp³-hybridized carbons (Fsp3) is 0.500. The Bertz CT molecular complexity index is 906. The zero-order chi connectivity index (χ0) is 21.1. The van der Waals surface area contributed by atoms with Crippen molar-refractivity contribution in [1.82, 2.24) is 14.9 Å². The largest absolute Gasteiger partial charge is 0.353 e. The number of nitrogens with zero attached hydrogens (tertiary/aromatic N) is 5. The molecule has 1 N–H and O–H groups in total. The third kappa shape index (κ3) is 4.63. The van der Waals surface area contributed by atoms with Gasteiger partial charge in [-0.25, -0.2) is 14.2 Å². The SMILES string of the molecule is Cc1cc(N2CCN(C(=O)Nc3ccc(C)c(F)c3)CC2)nc(N2CCCCC2)n1. The van der Waals surface area contributed by atoms with E-state index in [9.17, 15) is 9.18 Å². The Hall–Kier alpha value is -2.90. The van der Waals surface area contributed by atoms with E-state index in [4.69, 9.17) is 4.98 Å². The van der Waals surface area contributed by atoms with Gasteiger partial charge in [-0.2, -0.15) is 4.98 Å². The predicted molar refractivity (Wildman–Crippen MR) is 117 cm³/mol. The minimum absolute atomic E-state index is 0.203. The number of nitrogens with one attached hydrogen (secondary N) is 1. The molecular formula is C22H29FN6O. The Labute approximate surface area is 176 Å². The second-order valence-corrected chi connectivity index (χ2v) is 8.08. The van der Waals surface area contributed by atoms with Crippen molar-refractivity contribution in [1.29, 1.82) is 0 Å². The maximum Gasteiger partial charge on any atom is 0.321 e. The van der Waals surface area contributed by atoms with E-state index >= 15 is 0 Å². The van der Waals surface area contributed by atoms with Gasteiger partial charge < -0.3 is 20.0 Å². The molecule has 3 heterocycles. The van der Waals surface area contributed by atoms with Crippen LogP contribution in [0.4, 0.5) is 26.6 Å². The number of halogens is 1. The Kier molecular flexibility index (Phi) is 6.01. The molecule has 2 aliphatic rings. The van der Waals surface area contributed by atoms with E-state index in [-0.39, 0.29) is 11.8 Å². The second kappa shape index (κ2) is 8.85. The van der Waals surface area contributed by atoms with Crippen molar-refractivity contribution >= 4 is 23.5 Å². The summed E-state index contributed by atoms with van der Waals surface area (Å²) >= 11 is 0. The lowest BCUT2D eigenvalue weighted by atomic mass is 10.1. The zero-order valence-corrected chi connectivity index (χ0v) is 17.7. The molecule has 2 amide bonds. The second-order valence-electron chi connectivity index (χ2n) is 8.08. The van der Waals surface area contributed by atoms with Crippen LogP contribution in [0.15, 0.2) is 24.3 Å². The highest BCUT2D eigenvalue weighted by atomic mass is 19.1. The Morgan fingerprint density at radius 1 is 0.933 bits per heavy atom. The Morgan fingerprint density at radius 3 is 2.37 bits per heavy atom. The first-order valence-corrected chi connectivity index (χ1v) is 10.7. The van der Waals surface area contributed by atoms with Crippen LogP contribution in [0.3, 0.4) is 0 Å². The number of urea groups is 1. The van der Waals surface area contributed by atoms with Gasteiger partial charge in [-0.15, -0.1) is 0 Å². The molecule has 2 aliphatic heterocycles. The number of anilines is 3. The summed E-state index contributed by atoms with van der Waals surface area (Å²) in [6.07, 6.45) is 3.64. The topological polar surface area (TPSA) is 64.6 Å². The monoisotopic (exact) mass is 412 g/mol. The molecular weight excluding hydrogens is 383 g/mol. The van der Waals surface area contributed by atoms with Crippen LogP contribution in [-0.4, -0.2) is 60.2 Å². The maximum absolute atomic E-state index is 13.7. The normalized spacial score (nSPS) is 17.2. The Balaban J connectivity index is 1.37. The highest BCUT2D eigenvalue weighted by Gasteiger charge is 2.23. The minimum Gasteiger partial charge on any atom is -0.353 e. The molecule has 0 aliphatic carbocycles. The quantitative estimate of drug-likeness (QED) is 0.835. The first-order valence-electron chi connectivity index (χ1n) is 10.7. The van der Waals surface area contributed by atoms with Gasteiger partial charge in [0.1, 0.15) is 11.6 Å². The number of aromatic nitrogens is 2. The first kappa shape index (κ1) is 20.4. The minimum atomic E-state index is -0.318. The number of hydrogen-bond donors (Lipinski definition) is 1. The van der Waals surface area contributed by atoms with E-state index in [1.165, 1.54) is 25.3 Å². The third-order valence-electron chi connectivity index (χ3n) is 5.78.